The molecule has 4 aromatic rings. The number of ether oxygens (including phenoxy) is 1. The molecule has 0 aliphatic heterocycles. The maximum atomic E-state index is 13.6. The minimum absolute atomic E-state index is 0.00374. The van der Waals surface area contributed by atoms with Crippen LogP contribution in [0.25, 0.3) is 0 Å². The maximum Gasteiger partial charge on any atom is 0.408 e. The Labute approximate surface area is 275 Å². The van der Waals surface area contributed by atoms with Gasteiger partial charge in [0.25, 0.3) is 0 Å². The summed E-state index contributed by atoms with van der Waals surface area (Å²) in [7, 11) is 0. The van der Waals surface area contributed by atoms with E-state index >= 15 is 0 Å². The second kappa shape index (κ2) is 17.2. The van der Waals surface area contributed by atoms with E-state index in [0.717, 1.165) is 16.7 Å². The van der Waals surface area contributed by atoms with Crippen LogP contribution >= 0.6 is 0 Å². The third kappa shape index (κ3) is 10.6. The Hall–Kier alpha value is -4.80. The van der Waals surface area contributed by atoms with Crippen molar-refractivity contribution in [2.75, 3.05) is 0 Å². The normalized spacial score (nSPS) is 14.4. The van der Waals surface area contributed by atoms with Crippen molar-refractivity contribution in [3.8, 4) is 0 Å². The molecule has 0 unspecified atom stereocenters. The summed E-state index contributed by atoms with van der Waals surface area (Å²) in [5.41, 5.74) is 3.08. The van der Waals surface area contributed by atoms with Crippen molar-refractivity contribution in [3.05, 3.63) is 125 Å². The number of ketones is 1. The molecule has 10 nitrogen and oxygen atoms in total. The van der Waals surface area contributed by atoms with Crippen LogP contribution in [0.15, 0.2) is 97.2 Å². The molecule has 0 spiro atoms. The zero-order valence-corrected chi connectivity index (χ0v) is 27.0. The molecule has 0 saturated carbocycles. The van der Waals surface area contributed by atoms with Crippen molar-refractivity contribution in [2.45, 2.75) is 76.9 Å². The number of H-pyrrole nitrogens is 1. The van der Waals surface area contributed by atoms with Crippen molar-refractivity contribution in [3.63, 3.8) is 0 Å². The lowest BCUT2D eigenvalue weighted by Crippen LogP contribution is -2.57. The molecule has 1 heterocycles. The molecule has 0 fully saturated rings. The quantitative estimate of drug-likeness (QED) is 0.111. The fourth-order valence-corrected chi connectivity index (χ4v) is 5.35. The Kier molecular flexibility index (Phi) is 12.8. The number of aromatic amines is 1. The second-order valence-electron chi connectivity index (χ2n) is 12.1. The van der Waals surface area contributed by atoms with Crippen LogP contribution in [0.1, 0.15) is 66.1 Å². The van der Waals surface area contributed by atoms with Crippen LogP contribution < -0.4 is 10.6 Å². The van der Waals surface area contributed by atoms with E-state index in [-0.39, 0.29) is 37.1 Å². The first kappa shape index (κ1) is 35.1. The summed E-state index contributed by atoms with van der Waals surface area (Å²) < 4.78 is 5.27. The minimum atomic E-state index is -1.33. The molecule has 0 radical (unpaired) electrons. The van der Waals surface area contributed by atoms with Crippen molar-refractivity contribution in [2.24, 2.45) is 5.92 Å². The van der Waals surface area contributed by atoms with E-state index in [4.69, 9.17) is 4.74 Å². The fourth-order valence-electron chi connectivity index (χ4n) is 5.35. The van der Waals surface area contributed by atoms with Gasteiger partial charge in [0.2, 0.25) is 5.91 Å². The van der Waals surface area contributed by atoms with E-state index in [1.807, 2.05) is 92.7 Å². The highest BCUT2D eigenvalue weighted by Gasteiger charge is 2.32. The molecule has 1 aromatic heterocycles. The van der Waals surface area contributed by atoms with Crippen LogP contribution in [-0.4, -0.2) is 62.3 Å². The van der Waals surface area contributed by atoms with Crippen molar-refractivity contribution in [1.82, 2.24) is 20.6 Å². The number of aliphatic hydroxyl groups excluding tert-OH is 2. The number of nitrogens with one attached hydrogen (secondary N) is 3. The van der Waals surface area contributed by atoms with Gasteiger partial charge >= 0.3 is 6.09 Å². The highest BCUT2D eigenvalue weighted by atomic mass is 16.5. The predicted molar refractivity (Wildman–Crippen MR) is 179 cm³/mol. The standard InChI is InChI=1S/C37H44N4O6/c1-24(2)34(44)31-22-38-35(39-31)29(19-26-13-7-4-8-14-26)21-32(43)30(20-27-15-9-5-10-16-27)40-36(45)33(25(3)42)41-37(46)47-23-28-17-11-6-12-18-28/h4-18,22,24-25,29-30,32-33,42-43H,19-21,23H2,1-3H3,(H,38,39)(H,40,45)(H,41,46)/t25-,29+,30-,32-,33-/m0/s1. The molecular formula is C37H44N4O6. The van der Waals surface area contributed by atoms with Gasteiger partial charge in [-0.1, -0.05) is 105 Å². The molecule has 0 aliphatic carbocycles. The first-order chi connectivity index (χ1) is 22.6. The number of aliphatic hydroxyl groups is 2. The van der Waals surface area contributed by atoms with Gasteiger partial charge in [-0.3, -0.25) is 9.59 Å². The number of carbonyl (C=O) groups excluding carboxylic acids is 3. The van der Waals surface area contributed by atoms with Gasteiger partial charge in [-0.05, 0) is 42.9 Å². The lowest BCUT2D eigenvalue weighted by atomic mass is 9.88. The summed E-state index contributed by atoms with van der Waals surface area (Å²) in [6, 6.07) is 26.2. The Morgan fingerprint density at radius 2 is 1.34 bits per heavy atom. The summed E-state index contributed by atoms with van der Waals surface area (Å²) in [5, 5.41) is 27.6. The van der Waals surface area contributed by atoms with Gasteiger partial charge in [0.1, 0.15) is 24.2 Å². The number of Topliss-reactive ketones (excluding diaryl/α,β-unsaturated/α-hetero) is 1. The van der Waals surface area contributed by atoms with Crippen LogP contribution in [-0.2, 0) is 29.0 Å². The molecule has 0 bridgehead atoms. The van der Waals surface area contributed by atoms with Gasteiger partial charge in [-0.15, -0.1) is 0 Å². The smallest absolute Gasteiger partial charge is 0.408 e. The molecule has 4 rings (SSSR count). The molecule has 0 aliphatic rings. The maximum absolute atomic E-state index is 13.6. The number of benzene rings is 3. The molecule has 47 heavy (non-hydrogen) atoms. The number of aromatic nitrogens is 2. The number of imidazole rings is 1. The van der Waals surface area contributed by atoms with Crippen LogP contribution in [0.3, 0.4) is 0 Å². The molecule has 248 valence electrons. The Balaban J connectivity index is 1.53. The van der Waals surface area contributed by atoms with Gasteiger partial charge in [0, 0.05) is 11.8 Å². The van der Waals surface area contributed by atoms with E-state index in [0.29, 0.717) is 17.9 Å². The lowest BCUT2D eigenvalue weighted by Gasteiger charge is -2.30. The predicted octanol–water partition coefficient (Wildman–Crippen LogP) is 4.73. The van der Waals surface area contributed by atoms with E-state index in [1.165, 1.54) is 13.1 Å². The number of carbonyl (C=O) groups is 3. The Morgan fingerprint density at radius 3 is 1.89 bits per heavy atom. The van der Waals surface area contributed by atoms with E-state index < -0.39 is 36.3 Å². The van der Waals surface area contributed by atoms with Crippen LogP contribution in [0.5, 0.6) is 0 Å². The molecule has 0 saturated heterocycles. The van der Waals surface area contributed by atoms with E-state index in [2.05, 4.69) is 20.6 Å². The monoisotopic (exact) mass is 640 g/mol. The summed E-state index contributed by atoms with van der Waals surface area (Å²) in [5.74, 6) is -0.700. The average molecular weight is 641 g/mol. The number of hydrogen-bond acceptors (Lipinski definition) is 7. The summed E-state index contributed by atoms with van der Waals surface area (Å²) in [6.07, 6.45) is -0.643. The first-order valence-electron chi connectivity index (χ1n) is 15.9. The topological polar surface area (TPSA) is 154 Å². The fraction of sp³-hybridized carbons (Fsp3) is 0.351. The molecule has 5 atom stereocenters. The van der Waals surface area contributed by atoms with Gasteiger partial charge in [0.15, 0.2) is 5.78 Å². The molecule has 3 aromatic carbocycles. The molecule has 10 heteroatoms. The number of rotatable bonds is 16. The van der Waals surface area contributed by atoms with Crippen molar-refractivity contribution < 1.29 is 29.3 Å². The highest BCUT2D eigenvalue weighted by Crippen LogP contribution is 2.26. The molecular weight excluding hydrogens is 596 g/mol. The van der Waals surface area contributed by atoms with Gasteiger partial charge < -0.3 is 30.6 Å². The largest absolute Gasteiger partial charge is 0.445 e. The first-order valence-corrected chi connectivity index (χ1v) is 15.9. The molecule has 2 amide bonds. The number of alkyl carbamates (subject to hydrolysis) is 1. The number of nitrogens with zero attached hydrogens (tertiary/aromatic N) is 1. The average Bonchev–Trinajstić information content (AvgIpc) is 3.57. The summed E-state index contributed by atoms with van der Waals surface area (Å²) in [4.78, 5) is 46.6. The summed E-state index contributed by atoms with van der Waals surface area (Å²) in [6.45, 7) is 5.04. The van der Waals surface area contributed by atoms with Gasteiger partial charge in [-0.25, -0.2) is 9.78 Å². The summed E-state index contributed by atoms with van der Waals surface area (Å²) >= 11 is 0. The SMILES string of the molecule is CC(C)C(=O)c1cnc([C@H](Cc2ccccc2)C[C@H](O)[C@H](Cc2ccccc2)NC(=O)[C@@H](NC(=O)OCc2ccccc2)[C@H](C)O)[nH]1. The zero-order valence-electron chi connectivity index (χ0n) is 27.0. The lowest BCUT2D eigenvalue weighted by molar-refractivity contribution is -0.127. The van der Waals surface area contributed by atoms with Crippen molar-refractivity contribution in [1.29, 1.82) is 0 Å². The second-order valence-corrected chi connectivity index (χ2v) is 12.1. The van der Waals surface area contributed by atoms with Gasteiger partial charge in [0.05, 0.1) is 24.4 Å². The van der Waals surface area contributed by atoms with E-state index in [1.54, 1.807) is 12.1 Å². The van der Waals surface area contributed by atoms with E-state index in [9.17, 15) is 24.6 Å². The zero-order chi connectivity index (χ0) is 33.8. The minimum Gasteiger partial charge on any atom is -0.445 e. The number of amides is 2. The number of hydrogen-bond donors (Lipinski definition) is 5. The Morgan fingerprint density at radius 1 is 0.787 bits per heavy atom. The van der Waals surface area contributed by atoms with Crippen molar-refractivity contribution >= 4 is 17.8 Å². The highest BCUT2D eigenvalue weighted by molar-refractivity contribution is 5.95. The Bertz CT molecular complexity index is 1560. The third-order valence-electron chi connectivity index (χ3n) is 7.96. The van der Waals surface area contributed by atoms with Crippen LogP contribution in [0, 0.1) is 5.92 Å². The van der Waals surface area contributed by atoms with Crippen LogP contribution in [0.4, 0.5) is 4.79 Å². The third-order valence-corrected chi connectivity index (χ3v) is 7.96. The molecule has 5 N–H and O–H groups in total. The van der Waals surface area contributed by atoms with Crippen LogP contribution in [0.2, 0.25) is 0 Å². The van der Waals surface area contributed by atoms with Gasteiger partial charge in [-0.2, -0.15) is 0 Å².